The van der Waals surface area contributed by atoms with Crippen LogP contribution in [0.1, 0.15) is 0 Å². The number of aromatic nitrogens is 3. The minimum Gasteiger partial charge on any atom is -0.416 e. The highest BCUT2D eigenvalue weighted by atomic mass is 16.4. The van der Waals surface area contributed by atoms with E-state index in [-0.39, 0.29) is 0 Å². The molecule has 4 heteroatoms. The van der Waals surface area contributed by atoms with Gasteiger partial charge in [0.1, 0.15) is 0 Å². The lowest BCUT2D eigenvalue weighted by molar-refractivity contribution is 0.584. The number of fused-ring (bicyclic) bond motifs is 4. The molecule has 0 atom stereocenters. The summed E-state index contributed by atoms with van der Waals surface area (Å²) in [6.07, 6.45) is 0. The Morgan fingerprint density at radius 2 is 0.672 bits per heavy atom. The normalized spacial score (nSPS) is 11.4. The van der Waals surface area contributed by atoms with Crippen molar-refractivity contribution in [3.8, 4) is 73.1 Å². The summed E-state index contributed by atoms with van der Waals surface area (Å²) in [4.78, 5) is 0. The van der Waals surface area contributed by atoms with Crippen molar-refractivity contribution in [2.24, 2.45) is 0 Å². The Kier molecular flexibility index (Phi) is 8.11. The Labute approximate surface area is 335 Å². The van der Waals surface area contributed by atoms with Crippen molar-refractivity contribution in [3.05, 3.63) is 212 Å². The summed E-state index contributed by atoms with van der Waals surface area (Å²) in [6.45, 7) is 0. The van der Waals surface area contributed by atoms with Crippen molar-refractivity contribution in [2.45, 2.75) is 0 Å². The fourth-order valence-corrected chi connectivity index (χ4v) is 8.45. The van der Waals surface area contributed by atoms with Crippen LogP contribution in [0.3, 0.4) is 0 Å². The number of rotatable bonds is 7. The molecule has 0 fully saturated rings. The fraction of sp³-hybridized carbons (Fsp3) is 0. The van der Waals surface area contributed by atoms with Gasteiger partial charge in [-0.3, -0.25) is 0 Å². The molecule has 0 radical (unpaired) electrons. The van der Waals surface area contributed by atoms with Gasteiger partial charge in [-0.1, -0.05) is 164 Å². The van der Waals surface area contributed by atoms with Gasteiger partial charge in [0, 0.05) is 27.6 Å². The molecule has 11 rings (SSSR count). The zero-order valence-corrected chi connectivity index (χ0v) is 31.5. The molecule has 58 heavy (non-hydrogen) atoms. The lowest BCUT2D eigenvalue weighted by Gasteiger charge is -2.15. The molecule has 11 aromatic rings. The third-order valence-electron chi connectivity index (χ3n) is 11.3. The van der Waals surface area contributed by atoms with Crippen LogP contribution in [-0.4, -0.2) is 14.8 Å². The Balaban J connectivity index is 0.873. The van der Waals surface area contributed by atoms with E-state index in [4.69, 9.17) is 4.42 Å². The van der Waals surface area contributed by atoms with Gasteiger partial charge in [0.25, 0.3) is 0 Å². The number of nitrogens with zero attached hydrogens (tertiary/aromatic N) is 3. The van der Waals surface area contributed by atoms with Crippen molar-refractivity contribution in [3.63, 3.8) is 0 Å². The van der Waals surface area contributed by atoms with Crippen molar-refractivity contribution in [1.82, 2.24) is 14.8 Å². The van der Waals surface area contributed by atoms with Gasteiger partial charge in [-0.25, -0.2) is 0 Å². The summed E-state index contributed by atoms with van der Waals surface area (Å²) in [5.41, 5.74) is 14.6. The summed E-state index contributed by atoms with van der Waals surface area (Å²) in [6, 6.07) is 75.1. The van der Waals surface area contributed by atoms with E-state index in [1.165, 1.54) is 60.4 Å². The van der Waals surface area contributed by atoms with Gasteiger partial charge in [-0.05, 0) is 104 Å². The number of hydrogen-bond acceptors (Lipinski definition) is 3. The number of hydrogen-bond donors (Lipinski definition) is 0. The van der Waals surface area contributed by atoms with Gasteiger partial charge in [0.05, 0.1) is 11.0 Å². The standard InChI is InChI=1S/C54H35N3O/c1-2-14-43-36(12-1)13-11-21-44(43)37-24-28-40(29-25-37)53-55-56-54(58-53)41-30-26-38(27-31-41)45-15-3-5-17-47(45)48-18-6-4-16-46(48)39-32-34-42(35-33-39)57-51-22-9-7-19-49(51)50-20-8-10-23-52(50)57/h1-35H. The van der Waals surface area contributed by atoms with Crippen LogP contribution in [0.4, 0.5) is 0 Å². The van der Waals surface area contributed by atoms with Crippen LogP contribution in [0.2, 0.25) is 0 Å². The minimum atomic E-state index is 0.489. The van der Waals surface area contributed by atoms with Crippen LogP contribution in [0.15, 0.2) is 217 Å². The first-order chi connectivity index (χ1) is 28.8. The second kappa shape index (κ2) is 14.0. The van der Waals surface area contributed by atoms with Crippen LogP contribution in [0, 0.1) is 0 Å². The molecule has 272 valence electrons. The molecule has 9 aromatic carbocycles. The van der Waals surface area contributed by atoms with Crippen molar-refractivity contribution in [1.29, 1.82) is 0 Å². The Bertz CT molecular complexity index is 3210. The van der Waals surface area contributed by atoms with Gasteiger partial charge >= 0.3 is 0 Å². The van der Waals surface area contributed by atoms with E-state index in [0.717, 1.165) is 33.5 Å². The smallest absolute Gasteiger partial charge is 0.248 e. The lowest BCUT2D eigenvalue weighted by Crippen LogP contribution is -1.94. The summed E-state index contributed by atoms with van der Waals surface area (Å²) in [7, 11) is 0. The highest BCUT2D eigenvalue weighted by Crippen LogP contribution is 2.40. The van der Waals surface area contributed by atoms with Crippen molar-refractivity contribution in [2.75, 3.05) is 0 Å². The van der Waals surface area contributed by atoms with E-state index in [2.05, 4.69) is 215 Å². The van der Waals surface area contributed by atoms with Gasteiger partial charge in [0.15, 0.2) is 0 Å². The first-order valence-corrected chi connectivity index (χ1v) is 19.6. The second-order valence-corrected chi connectivity index (χ2v) is 14.6. The molecule has 2 heterocycles. The molecule has 2 aromatic heterocycles. The van der Waals surface area contributed by atoms with Crippen molar-refractivity contribution >= 4 is 32.6 Å². The minimum absolute atomic E-state index is 0.489. The third-order valence-corrected chi connectivity index (χ3v) is 11.3. The monoisotopic (exact) mass is 741 g/mol. The molecule has 0 unspecified atom stereocenters. The number of benzene rings is 9. The Hall–Kier alpha value is -7.82. The predicted molar refractivity (Wildman–Crippen MR) is 239 cm³/mol. The zero-order chi connectivity index (χ0) is 38.4. The summed E-state index contributed by atoms with van der Waals surface area (Å²) in [5, 5.41) is 13.8. The molecule has 0 spiro atoms. The first kappa shape index (κ1) is 33.5. The van der Waals surface area contributed by atoms with Gasteiger partial charge < -0.3 is 8.98 Å². The molecule has 0 saturated heterocycles. The van der Waals surface area contributed by atoms with Gasteiger partial charge in [-0.15, -0.1) is 10.2 Å². The average molecular weight is 742 g/mol. The van der Waals surface area contributed by atoms with E-state index >= 15 is 0 Å². The molecule has 4 nitrogen and oxygen atoms in total. The highest BCUT2D eigenvalue weighted by Gasteiger charge is 2.16. The van der Waals surface area contributed by atoms with Crippen LogP contribution in [0.25, 0.3) is 106 Å². The van der Waals surface area contributed by atoms with E-state index in [1.54, 1.807) is 0 Å². The molecular weight excluding hydrogens is 707 g/mol. The maximum absolute atomic E-state index is 6.23. The van der Waals surface area contributed by atoms with Gasteiger partial charge in [0.2, 0.25) is 11.8 Å². The van der Waals surface area contributed by atoms with Crippen LogP contribution < -0.4 is 0 Å². The van der Waals surface area contributed by atoms with Crippen LogP contribution in [0.5, 0.6) is 0 Å². The molecule has 0 bridgehead atoms. The van der Waals surface area contributed by atoms with E-state index in [1.807, 2.05) is 12.1 Å². The predicted octanol–water partition coefficient (Wildman–Crippen LogP) is 14.3. The molecular formula is C54H35N3O. The molecule has 0 aliphatic carbocycles. The molecule has 0 saturated carbocycles. The molecule has 0 aliphatic rings. The maximum Gasteiger partial charge on any atom is 0.248 e. The van der Waals surface area contributed by atoms with E-state index in [9.17, 15) is 0 Å². The number of para-hydroxylation sites is 2. The van der Waals surface area contributed by atoms with Crippen LogP contribution >= 0.6 is 0 Å². The lowest BCUT2D eigenvalue weighted by atomic mass is 9.89. The SMILES string of the molecule is c1ccc(-c2ccccc2-c2ccc(-n3c4ccccc4c4ccccc43)cc2)c(-c2ccc(-c3nnc(-c4ccc(-c5cccc6ccccc56)cc4)o3)cc2)c1. The molecule has 0 N–H and O–H groups in total. The Morgan fingerprint density at radius 1 is 0.293 bits per heavy atom. The van der Waals surface area contributed by atoms with Gasteiger partial charge in [-0.2, -0.15) is 0 Å². The topological polar surface area (TPSA) is 43.9 Å². The fourth-order valence-electron chi connectivity index (χ4n) is 8.45. The average Bonchev–Trinajstić information content (AvgIpc) is 3.93. The summed E-state index contributed by atoms with van der Waals surface area (Å²) >= 11 is 0. The van der Waals surface area contributed by atoms with E-state index in [0.29, 0.717) is 11.8 Å². The molecule has 0 amide bonds. The maximum atomic E-state index is 6.23. The Morgan fingerprint density at radius 3 is 1.22 bits per heavy atom. The first-order valence-electron chi connectivity index (χ1n) is 19.6. The van der Waals surface area contributed by atoms with Crippen molar-refractivity contribution < 1.29 is 4.42 Å². The summed E-state index contributed by atoms with van der Waals surface area (Å²) in [5.74, 6) is 0.983. The summed E-state index contributed by atoms with van der Waals surface area (Å²) < 4.78 is 8.59. The second-order valence-electron chi connectivity index (χ2n) is 14.6. The quantitative estimate of drug-likeness (QED) is 0.163. The molecule has 0 aliphatic heterocycles. The third kappa shape index (κ3) is 5.78. The van der Waals surface area contributed by atoms with E-state index < -0.39 is 0 Å². The highest BCUT2D eigenvalue weighted by molar-refractivity contribution is 6.09. The van der Waals surface area contributed by atoms with Crippen LogP contribution in [-0.2, 0) is 0 Å². The largest absolute Gasteiger partial charge is 0.416 e. The zero-order valence-electron chi connectivity index (χ0n) is 31.5.